The van der Waals surface area contributed by atoms with Gasteiger partial charge in [0.25, 0.3) is 5.91 Å². The molecule has 1 amide bonds. The van der Waals surface area contributed by atoms with E-state index in [0.29, 0.717) is 6.54 Å². The van der Waals surface area contributed by atoms with Gasteiger partial charge in [-0.1, -0.05) is 44.2 Å². The normalized spacial score (nSPS) is 26.7. The van der Waals surface area contributed by atoms with Crippen LogP contribution < -0.4 is 0 Å². The number of methoxy groups -OCH3 is 1. The van der Waals surface area contributed by atoms with Crippen molar-refractivity contribution in [3.05, 3.63) is 35.9 Å². The van der Waals surface area contributed by atoms with E-state index >= 15 is 0 Å². The fourth-order valence-corrected chi connectivity index (χ4v) is 2.48. The molecule has 1 fully saturated rings. The maximum absolute atomic E-state index is 12.2. The van der Waals surface area contributed by atoms with E-state index in [-0.39, 0.29) is 5.91 Å². The first-order valence-electron chi connectivity index (χ1n) is 6.03. The highest BCUT2D eigenvalue weighted by Gasteiger charge is 2.53. The Bertz CT molecular complexity index is 430. The predicted molar refractivity (Wildman–Crippen MR) is 67.6 cm³/mol. The number of amides is 1. The molecule has 4 heteroatoms. The molecular weight excluding hydrogens is 230 g/mol. The molecule has 0 saturated carbocycles. The van der Waals surface area contributed by atoms with Gasteiger partial charge >= 0.3 is 0 Å². The Morgan fingerprint density at radius 1 is 1.33 bits per heavy atom. The minimum Gasteiger partial charge on any atom is -0.373 e. The molecule has 0 unspecified atom stereocenters. The van der Waals surface area contributed by atoms with E-state index in [1.54, 1.807) is 0 Å². The summed E-state index contributed by atoms with van der Waals surface area (Å²) in [6, 6.07) is 9.64. The van der Waals surface area contributed by atoms with Gasteiger partial charge in [0.2, 0.25) is 0 Å². The average Bonchev–Trinajstić information content (AvgIpc) is 2.51. The molecule has 2 atom stereocenters. The second-order valence-electron chi connectivity index (χ2n) is 5.26. The summed E-state index contributed by atoms with van der Waals surface area (Å²) in [5.41, 5.74) is 0.401. The highest BCUT2D eigenvalue weighted by Crippen LogP contribution is 2.38. The lowest BCUT2D eigenvalue weighted by atomic mass is 9.88. The van der Waals surface area contributed by atoms with Gasteiger partial charge in [-0.2, -0.15) is 0 Å². The van der Waals surface area contributed by atoms with E-state index in [9.17, 15) is 9.90 Å². The Morgan fingerprint density at radius 3 is 2.44 bits per heavy atom. The molecule has 0 bridgehead atoms. The molecule has 1 heterocycles. The minimum absolute atomic E-state index is 0.154. The van der Waals surface area contributed by atoms with Gasteiger partial charge in [-0.15, -0.1) is 0 Å². The Morgan fingerprint density at radius 2 is 1.94 bits per heavy atom. The van der Waals surface area contributed by atoms with Crippen molar-refractivity contribution in [2.75, 3.05) is 7.11 Å². The van der Waals surface area contributed by atoms with Crippen LogP contribution in [0, 0.1) is 5.41 Å². The number of hydrogen-bond donors (Lipinski definition) is 1. The van der Waals surface area contributed by atoms with Crippen LogP contribution in [0.15, 0.2) is 30.3 Å². The molecule has 1 aliphatic heterocycles. The first-order chi connectivity index (χ1) is 8.48. The third-order valence-corrected chi connectivity index (χ3v) is 3.58. The van der Waals surface area contributed by atoms with Crippen LogP contribution in [0.4, 0.5) is 0 Å². The number of carbonyl (C=O) groups is 1. The number of nitrogens with zero attached hydrogens (tertiary/aromatic N) is 1. The molecule has 1 saturated heterocycles. The Kier molecular flexibility index (Phi) is 3.41. The van der Waals surface area contributed by atoms with Crippen LogP contribution in [0.2, 0.25) is 0 Å². The number of ether oxygens (including phenoxy) is 1. The quantitative estimate of drug-likeness (QED) is 0.880. The van der Waals surface area contributed by atoms with Crippen molar-refractivity contribution >= 4 is 5.91 Å². The van der Waals surface area contributed by atoms with E-state index in [1.807, 2.05) is 44.2 Å². The van der Waals surface area contributed by atoms with Crippen molar-refractivity contribution in [3.8, 4) is 0 Å². The van der Waals surface area contributed by atoms with Crippen molar-refractivity contribution in [2.45, 2.75) is 32.7 Å². The second-order valence-corrected chi connectivity index (χ2v) is 5.26. The zero-order valence-corrected chi connectivity index (χ0v) is 11.0. The lowest BCUT2D eigenvalue weighted by Crippen LogP contribution is -2.38. The summed E-state index contributed by atoms with van der Waals surface area (Å²) in [5.74, 6) is -0.154. The van der Waals surface area contributed by atoms with Crippen molar-refractivity contribution in [1.29, 1.82) is 0 Å². The van der Waals surface area contributed by atoms with E-state index in [0.717, 1.165) is 5.56 Å². The molecule has 18 heavy (non-hydrogen) atoms. The largest absolute Gasteiger partial charge is 0.373 e. The highest BCUT2D eigenvalue weighted by molar-refractivity contribution is 5.84. The molecule has 1 aromatic carbocycles. The van der Waals surface area contributed by atoms with Crippen LogP contribution in [-0.4, -0.2) is 35.4 Å². The molecule has 98 valence electrons. The van der Waals surface area contributed by atoms with Gasteiger partial charge in [0.1, 0.15) is 12.3 Å². The third-order valence-electron chi connectivity index (χ3n) is 3.58. The topological polar surface area (TPSA) is 49.8 Å². The Labute approximate surface area is 107 Å². The summed E-state index contributed by atoms with van der Waals surface area (Å²) in [4.78, 5) is 13.7. The highest BCUT2D eigenvalue weighted by atomic mass is 16.5. The fraction of sp³-hybridized carbons (Fsp3) is 0.500. The maximum atomic E-state index is 12.2. The molecule has 0 radical (unpaired) electrons. The van der Waals surface area contributed by atoms with Gasteiger partial charge in [0, 0.05) is 19.1 Å². The first kappa shape index (κ1) is 13.1. The van der Waals surface area contributed by atoms with Crippen LogP contribution in [0.1, 0.15) is 19.4 Å². The zero-order chi connectivity index (χ0) is 13.3. The average molecular weight is 249 g/mol. The molecule has 1 aromatic rings. The van der Waals surface area contributed by atoms with Crippen molar-refractivity contribution < 1.29 is 14.6 Å². The number of benzene rings is 1. The standard InChI is InChI=1S/C14H19NO3/c1-14(2)11(18-3)12(16)15(13(14)17)9-10-7-5-4-6-8-10/h4-8,11,13,17H,9H2,1-3H3/t11-,13-/m1/s1. The van der Waals surface area contributed by atoms with E-state index in [4.69, 9.17) is 4.74 Å². The zero-order valence-electron chi connectivity index (χ0n) is 11.0. The van der Waals surface area contributed by atoms with Crippen LogP contribution in [0.5, 0.6) is 0 Å². The molecule has 4 nitrogen and oxygen atoms in total. The van der Waals surface area contributed by atoms with Crippen LogP contribution in [0.3, 0.4) is 0 Å². The van der Waals surface area contributed by atoms with Crippen molar-refractivity contribution in [3.63, 3.8) is 0 Å². The summed E-state index contributed by atoms with van der Waals surface area (Å²) in [6.07, 6.45) is -1.41. The predicted octanol–water partition coefficient (Wildman–Crippen LogP) is 1.39. The lowest BCUT2D eigenvalue weighted by Gasteiger charge is -2.28. The first-order valence-corrected chi connectivity index (χ1v) is 6.03. The van der Waals surface area contributed by atoms with E-state index in [1.165, 1.54) is 12.0 Å². The number of aliphatic hydroxyl groups excluding tert-OH is 1. The van der Waals surface area contributed by atoms with Crippen LogP contribution in [0.25, 0.3) is 0 Å². The van der Waals surface area contributed by atoms with Gasteiger partial charge in [0.15, 0.2) is 0 Å². The number of rotatable bonds is 3. The number of aliphatic hydroxyl groups is 1. The monoisotopic (exact) mass is 249 g/mol. The number of hydrogen-bond acceptors (Lipinski definition) is 3. The Hall–Kier alpha value is -1.39. The smallest absolute Gasteiger partial charge is 0.254 e. The van der Waals surface area contributed by atoms with Gasteiger partial charge < -0.3 is 14.7 Å². The summed E-state index contributed by atoms with van der Waals surface area (Å²) >= 11 is 0. The SMILES string of the molecule is CO[C@@H]1C(=O)N(Cc2ccccc2)[C@H](O)C1(C)C. The lowest BCUT2D eigenvalue weighted by molar-refractivity contribution is -0.140. The van der Waals surface area contributed by atoms with Crippen molar-refractivity contribution in [1.82, 2.24) is 4.90 Å². The molecule has 0 spiro atoms. The van der Waals surface area contributed by atoms with Gasteiger partial charge in [0.05, 0.1) is 0 Å². The minimum atomic E-state index is -0.824. The van der Waals surface area contributed by atoms with E-state index in [2.05, 4.69) is 0 Å². The molecule has 0 aliphatic carbocycles. The summed E-state index contributed by atoms with van der Waals surface area (Å²) in [7, 11) is 1.50. The van der Waals surface area contributed by atoms with E-state index < -0.39 is 17.7 Å². The number of carbonyl (C=O) groups excluding carboxylic acids is 1. The van der Waals surface area contributed by atoms with Crippen LogP contribution >= 0.6 is 0 Å². The molecule has 0 aromatic heterocycles. The van der Waals surface area contributed by atoms with Gasteiger partial charge in [-0.25, -0.2) is 0 Å². The van der Waals surface area contributed by atoms with Crippen molar-refractivity contribution in [2.24, 2.45) is 5.41 Å². The summed E-state index contributed by atoms with van der Waals surface area (Å²) in [5, 5.41) is 10.3. The summed E-state index contributed by atoms with van der Waals surface area (Å²) in [6.45, 7) is 4.09. The summed E-state index contributed by atoms with van der Waals surface area (Å²) < 4.78 is 5.23. The molecule has 1 aliphatic rings. The Balaban J connectivity index is 2.22. The van der Waals surface area contributed by atoms with Gasteiger partial charge in [-0.05, 0) is 5.56 Å². The molecule has 2 rings (SSSR count). The second kappa shape index (κ2) is 4.71. The van der Waals surface area contributed by atoms with Gasteiger partial charge in [-0.3, -0.25) is 4.79 Å². The molecule has 1 N–H and O–H groups in total. The fourth-order valence-electron chi connectivity index (χ4n) is 2.48. The van der Waals surface area contributed by atoms with Crippen LogP contribution in [-0.2, 0) is 16.1 Å². The number of likely N-dealkylation sites (tertiary alicyclic amines) is 1. The molecular formula is C14H19NO3. The maximum Gasteiger partial charge on any atom is 0.254 e. The third kappa shape index (κ3) is 2.02.